The quantitative estimate of drug-likeness (QED) is 0.827. The van der Waals surface area contributed by atoms with Gasteiger partial charge >= 0.3 is 0 Å². The van der Waals surface area contributed by atoms with E-state index in [1.54, 1.807) is 30.0 Å². The Bertz CT molecular complexity index is 909. The second-order valence-corrected chi connectivity index (χ2v) is 7.54. The maximum Gasteiger partial charge on any atom is 0.258 e. The molecule has 0 spiro atoms. The molecule has 0 radical (unpaired) electrons. The van der Waals surface area contributed by atoms with Gasteiger partial charge in [-0.3, -0.25) is 9.59 Å². The highest BCUT2D eigenvalue weighted by molar-refractivity contribution is 6.07. The third-order valence-corrected chi connectivity index (χ3v) is 5.32. The van der Waals surface area contributed by atoms with Gasteiger partial charge in [-0.1, -0.05) is 13.8 Å². The summed E-state index contributed by atoms with van der Waals surface area (Å²) in [5.74, 6) is 1.89. The first-order valence-corrected chi connectivity index (χ1v) is 9.48. The minimum absolute atomic E-state index is 0.0344. The number of nitrogens with zero attached hydrogens (tertiary/aromatic N) is 2. The number of aromatic nitrogens is 1. The van der Waals surface area contributed by atoms with Gasteiger partial charge < -0.3 is 18.9 Å². The molecule has 1 aliphatic rings. The fourth-order valence-electron chi connectivity index (χ4n) is 4.12. The van der Waals surface area contributed by atoms with E-state index in [4.69, 9.17) is 9.47 Å². The average Bonchev–Trinajstić information content (AvgIpc) is 2.66. The number of fused-ring (bicyclic) bond motifs is 1. The molecular formula is C21H28N2O4. The number of amides is 1. The average molecular weight is 372 g/mol. The Balaban J connectivity index is 2.20. The molecule has 27 heavy (non-hydrogen) atoms. The highest BCUT2D eigenvalue weighted by Crippen LogP contribution is 2.33. The van der Waals surface area contributed by atoms with Crippen LogP contribution < -0.4 is 15.0 Å². The molecule has 0 saturated carbocycles. The van der Waals surface area contributed by atoms with Crippen molar-refractivity contribution < 1.29 is 14.3 Å². The van der Waals surface area contributed by atoms with Crippen LogP contribution in [0.4, 0.5) is 0 Å². The molecule has 1 saturated heterocycles. The zero-order chi connectivity index (χ0) is 19.7. The van der Waals surface area contributed by atoms with Gasteiger partial charge in [0.2, 0.25) is 0 Å². The predicted molar refractivity (Wildman–Crippen MR) is 106 cm³/mol. The summed E-state index contributed by atoms with van der Waals surface area (Å²) in [7, 11) is 3.08. The van der Waals surface area contributed by atoms with Crippen LogP contribution in [0.2, 0.25) is 0 Å². The summed E-state index contributed by atoms with van der Waals surface area (Å²) in [4.78, 5) is 28.1. The molecule has 2 heterocycles. The molecule has 1 aromatic carbocycles. The van der Waals surface area contributed by atoms with Gasteiger partial charge in [0.1, 0.15) is 0 Å². The van der Waals surface area contributed by atoms with Crippen molar-refractivity contribution in [2.45, 2.75) is 33.7 Å². The first-order valence-electron chi connectivity index (χ1n) is 9.48. The lowest BCUT2D eigenvalue weighted by Crippen LogP contribution is -2.43. The number of aryl methyl sites for hydroxylation is 1. The Morgan fingerprint density at radius 2 is 1.63 bits per heavy atom. The largest absolute Gasteiger partial charge is 0.493 e. The summed E-state index contributed by atoms with van der Waals surface area (Å²) >= 11 is 0. The van der Waals surface area contributed by atoms with E-state index in [0.717, 1.165) is 19.5 Å². The molecule has 0 N–H and O–H groups in total. The molecule has 3 rings (SSSR count). The number of carbonyl (C=O) groups is 1. The Labute approximate surface area is 159 Å². The normalized spacial score (nSPS) is 20.0. The van der Waals surface area contributed by atoms with Crippen molar-refractivity contribution in [2.75, 3.05) is 27.3 Å². The van der Waals surface area contributed by atoms with Crippen LogP contribution in [0.25, 0.3) is 10.8 Å². The SMILES string of the molecule is CCn1cc(C(=O)N2C[C@H](C)C[C@H](C)C2)c2cc(OC)c(OC)cc2c1=O. The number of ether oxygens (including phenoxy) is 2. The van der Waals surface area contributed by atoms with Crippen LogP contribution in [0.5, 0.6) is 11.5 Å². The van der Waals surface area contributed by atoms with Crippen molar-refractivity contribution in [3.05, 3.63) is 34.2 Å². The molecule has 2 atom stereocenters. The molecule has 1 fully saturated rings. The van der Waals surface area contributed by atoms with Crippen LogP contribution in [-0.4, -0.2) is 42.7 Å². The fraction of sp³-hybridized carbons (Fsp3) is 0.524. The van der Waals surface area contributed by atoms with Crippen molar-refractivity contribution in [2.24, 2.45) is 11.8 Å². The third-order valence-electron chi connectivity index (χ3n) is 5.32. The number of likely N-dealkylation sites (tertiary alicyclic amines) is 1. The molecule has 0 unspecified atom stereocenters. The maximum absolute atomic E-state index is 13.4. The lowest BCUT2D eigenvalue weighted by molar-refractivity contribution is 0.0624. The van der Waals surface area contributed by atoms with Gasteiger partial charge in [0, 0.05) is 31.2 Å². The maximum atomic E-state index is 13.4. The summed E-state index contributed by atoms with van der Waals surface area (Å²) in [6, 6.07) is 3.40. The van der Waals surface area contributed by atoms with Crippen LogP contribution in [0.3, 0.4) is 0 Å². The van der Waals surface area contributed by atoms with E-state index >= 15 is 0 Å². The van der Waals surface area contributed by atoms with Gasteiger partial charge in [-0.15, -0.1) is 0 Å². The van der Waals surface area contributed by atoms with E-state index in [0.29, 0.717) is 46.2 Å². The summed E-state index contributed by atoms with van der Waals surface area (Å²) in [6.07, 6.45) is 2.81. The smallest absolute Gasteiger partial charge is 0.258 e. The van der Waals surface area contributed by atoms with E-state index in [1.807, 2.05) is 11.8 Å². The standard InChI is InChI=1S/C21H28N2O4/c1-6-22-12-17(21(25)23-10-13(2)7-14(3)11-23)15-8-18(26-4)19(27-5)9-16(15)20(22)24/h8-9,12-14H,6-7,10-11H2,1-5H3/t13-,14+. The minimum atomic E-state index is -0.134. The van der Waals surface area contributed by atoms with Crippen LogP contribution in [0.1, 0.15) is 37.6 Å². The van der Waals surface area contributed by atoms with Gasteiger partial charge in [-0.05, 0) is 37.3 Å². The Kier molecular flexibility index (Phi) is 5.44. The second-order valence-electron chi connectivity index (χ2n) is 7.54. The number of methoxy groups -OCH3 is 2. The Morgan fingerprint density at radius 1 is 1.07 bits per heavy atom. The van der Waals surface area contributed by atoms with E-state index in [-0.39, 0.29) is 11.5 Å². The van der Waals surface area contributed by atoms with Gasteiger partial charge in [-0.25, -0.2) is 0 Å². The fourth-order valence-corrected chi connectivity index (χ4v) is 4.12. The molecule has 2 aromatic rings. The lowest BCUT2D eigenvalue weighted by Gasteiger charge is -2.35. The van der Waals surface area contributed by atoms with E-state index in [9.17, 15) is 9.59 Å². The van der Waals surface area contributed by atoms with Crippen LogP contribution >= 0.6 is 0 Å². The zero-order valence-electron chi connectivity index (χ0n) is 16.7. The third kappa shape index (κ3) is 3.53. The summed E-state index contributed by atoms with van der Waals surface area (Å²) in [6.45, 7) is 8.22. The van der Waals surface area contributed by atoms with Gasteiger partial charge in [0.15, 0.2) is 11.5 Å². The first kappa shape index (κ1) is 19.3. The van der Waals surface area contributed by atoms with E-state index in [2.05, 4.69) is 13.8 Å². The number of carbonyl (C=O) groups excluding carboxylic acids is 1. The Morgan fingerprint density at radius 3 is 2.15 bits per heavy atom. The molecule has 146 valence electrons. The first-order chi connectivity index (χ1) is 12.9. The van der Waals surface area contributed by atoms with Crippen LogP contribution in [0.15, 0.2) is 23.1 Å². The second kappa shape index (κ2) is 7.62. The minimum Gasteiger partial charge on any atom is -0.493 e. The van der Waals surface area contributed by atoms with E-state index in [1.165, 1.54) is 7.11 Å². The summed E-state index contributed by atoms with van der Waals surface area (Å²) in [5.41, 5.74) is 0.402. The molecule has 0 aliphatic carbocycles. The topological polar surface area (TPSA) is 60.8 Å². The number of hydrogen-bond donors (Lipinski definition) is 0. The molecular weight excluding hydrogens is 344 g/mol. The van der Waals surface area contributed by atoms with Gasteiger partial charge in [0.05, 0.1) is 25.2 Å². The molecule has 1 aromatic heterocycles. The highest BCUT2D eigenvalue weighted by Gasteiger charge is 2.28. The summed E-state index contributed by atoms with van der Waals surface area (Å²) in [5, 5.41) is 1.08. The summed E-state index contributed by atoms with van der Waals surface area (Å²) < 4.78 is 12.3. The van der Waals surface area contributed by atoms with Crippen LogP contribution in [0, 0.1) is 11.8 Å². The molecule has 1 amide bonds. The monoisotopic (exact) mass is 372 g/mol. The van der Waals surface area contributed by atoms with Gasteiger partial charge in [0.25, 0.3) is 11.5 Å². The van der Waals surface area contributed by atoms with Crippen molar-refractivity contribution in [3.63, 3.8) is 0 Å². The molecule has 1 aliphatic heterocycles. The highest BCUT2D eigenvalue weighted by atomic mass is 16.5. The van der Waals surface area contributed by atoms with Crippen molar-refractivity contribution in [1.29, 1.82) is 0 Å². The number of hydrogen-bond acceptors (Lipinski definition) is 4. The van der Waals surface area contributed by atoms with Crippen molar-refractivity contribution in [1.82, 2.24) is 9.47 Å². The lowest BCUT2D eigenvalue weighted by atomic mass is 9.91. The van der Waals surface area contributed by atoms with Crippen LogP contribution in [-0.2, 0) is 6.54 Å². The van der Waals surface area contributed by atoms with Gasteiger partial charge in [-0.2, -0.15) is 0 Å². The number of pyridine rings is 1. The predicted octanol–water partition coefficient (Wildman–Crippen LogP) is 3.16. The van der Waals surface area contributed by atoms with E-state index < -0.39 is 0 Å². The molecule has 6 heteroatoms. The van der Waals surface area contributed by atoms with Crippen molar-refractivity contribution in [3.8, 4) is 11.5 Å². The molecule has 6 nitrogen and oxygen atoms in total. The van der Waals surface area contributed by atoms with Crippen molar-refractivity contribution >= 4 is 16.7 Å². The number of piperidine rings is 1. The zero-order valence-corrected chi connectivity index (χ0v) is 16.7. The number of benzene rings is 1. The Hall–Kier alpha value is -2.50. The number of rotatable bonds is 4. The molecule has 0 bridgehead atoms.